The maximum absolute atomic E-state index is 13.9. The molecule has 4 aromatic rings. The van der Waals surface area contributed by atoms with Crippen LogP contribution < -0.4 is 10.7 Å². The van der Waals surface area contributed by atoms with Crippen molar-refractivity contribution < 1.29 is 29.7 Å². The summed E-state index contributed by atoms with van der Waals surface area (Å²) in [5, 5.41) is 35.4. The van der Waals surface area contributed by atoms with E-state index < -0.39 is 29.9 Å². The number of amides is 3. The summed E-state index contributed by atoms with van der Waals surface area (Å²) in [5.41, 5.74) is 5.06. The second-order valence-corrected chi connectivity index (χ2v) is 9.96. The molecular weight excluding hydrogens is 534 g/mol. The molecule has 5 N–H and O–H groups in total. The van der Waals surface area contributed by atoms with Gasteiger partial charge in [-0.25, -0.2) is 5.01 Å². The first-order valence-corrected chi connectivity index (χ1v) is 13.4. The molecule has 0 spiro atoms. The van der Waals surface area contributed by atoms with E-state index in [9.17, 15) is 29.7 Å². The summed E-state index contributed by atoms with van der Waals surface area (Å²) in [6.45, 7) is 3.10. The topological polar surface area (TPSA) is 139 Å². The second kappa shape index (κ2) is 13.5. The summed E-state index contributed by atoms with van der Waals surface area (Å²) >= 11 is 0. The van der Waals surface area contributed by atoms with Crippen LogP contribution in [0.25, 0.3) is 0 Å². The van der Waals surface area contributed by atoms with Gasteiger partial charge in [0.25, 0.3) is 17.7 Å². The van der Waals surface area contributed by atoms with Crippen LogP contribution >= 0.6 is 0 Å². The van der Waals surface area contributed by atoms with Crippen LogP contribution in [0.2, 0.25) is 0 Å². The average molecular weight is 568 g/mol. The van der Waals surface area contributed by atoms with Gasteiger partial charge in [-0.3, -0.25) is 19.8 Å². The monoisotopic (exact) mass is 567 g/mol. The van der Waals surface area contributed by atoms with Crippen molar-refractivity contribution in [2.45, 2.75) is 39.0 Å². The zero-order valence-corrected chi connectivity index (χ0v) is 23.3. The van der Waals surface area contributed by atoms with Crippen LogP contribution in [-0.4, -0.2) is 50.2 Å². The Morgan fingerprint density at radius 1 is 0.690 bits per heavy atom. The van der Waals surface area contributed by atoms with Crippen LogP contribution in [-0.2, 0) is 17.8 Å². The number of hydrogen-bond acceptors (Lipinski definition) is 6. The summed E-state index contributed by atoms with van der Waals surface area (Å²) in [4.78, 5) is 40.4. The largest absolute Gasteiger partial charge is 0.508 e. The first kappa shape index (κ1) is 29.8. The van der Waals surface area contributed by atoms with Crippen molar-refractivity contribution in [3.8, 4) is 11.5 Å². The fourth-order valence-electron chi connectivity index (χ4n) is 4.55. The first-order valence-electron chi connectivity index (χ1n) is 13.4. The minimum Gasteiger partial charge on any atom is -0.508 e. The van der Waals surface area contributed by atoms with Gasteiger partial charge in [-0.2, -0.15) is 0 Å². The highest BCUT2D eigenvalue weighted by atomic mass is 16.3. The van der Waals surface area contributed by atoms with Crippen molar-refractivity contribution >= 4 is 17.7 Å². The van der Waals surface area contributed by atoms with Crippen molar-refractivity contribution in [1.29, 1.82) is 0 Å². The van der Waals surface area contributed by atoms with E-state index in [1.807, 2.05) is 24.3 Å². The molecule has 216 valence electrons. The van der Waals surface area contributed by atoms with Crippen LogP contribution in [0, 0.1) is 13.8 Å². The van der Waals surface area contributed by atoms with E-state index in [0.29, 0.717) is 16.7 Å². The molecular formula is C33H33N3O6. The Labute approximate surface area is 244 Å². The molecule has 0 fully saturated rings. The van der Waals surface area contributed by atoms with E-state index in [2.05, 4.69) is 10.7 Å². The van der Waals surface area contributed by atoms with Gasteiger partial charge in [0.1, 0.15) is 11.5 Å². The number of aliphatic hydroxyl groups excluding tert-OH is 1. The zero-order valence-electron chi connectivity index (χ0n) is 23.3. The lowest BCUT2D eigenvalue weighted by molar-refractivity contribution is -0.144. The van der Waals surface area contributed by atoms with Gasteiger partial charge in [0.05, 0.1) is 12.6 Å². The van der Waals surface area contributed by atoms with Gasteiger partial charge in [-0.05, 0) is 55.7 Å². The molecule has 42 heavy (non-hydrogen) atoms. The number of nitrogens with zero attached hydrogens (tertiary/aromatic N) is 1. The number of nitrogens with one attached hydrogen (secondary N) is 2. The molecule has 3 amide bonds. The Morgan fingerprint density at radius 2 is 1.19 bits per heavy atom. The number of aromatic hydroxyl groups is 2. The number of carbonyl (C=O) groups excluding carboxylic acids is 3. The lowest BCUT2D eigenvalue weighted by Gasteiger charge is -2.30. The standard InChI is InChI=1S/C33H33N3O6/c1-21-25(15-9-17-28(21)37)31(40)34-27(19-23-11-5-3-6-12-23)30(39)33(42)36(20-24-13-7-4-8-14-24)35-32(41)26-16-10-18-29(38)22(26)2/h3-18,27,30,37-39H,19-20H2,1-2H3,(H,34,40)(H,35,41)/t27-,30+/m0/s1. The number of hydrazine groups is 1. The number of hydrogen-bond donors (Lipinski definition) is 5. The highest BCUT2D eigenvalue weighted by Crippen LogP contribution is 2.21. The Hall–Kier alpha value is -5.15. The van der Waals surface area contributed by atoms with E-state index in [-0.39, 0.29) is 35.6 Å². The van der Waals surface area contributed by atoms with Crippen LogP contribution in [0.5, 0.6) is 11.5 Å². The molecule has 0 aliphatic heterocycles. The minimum absolute atomic E-state index is 0.0575. The predicted octanol–water partition coefficient (Wildman–Crippen LogP) is 3.79. The molecule has 0 heterocycles. The Morgan fingerprint density at radius 3 is 1.74 bits per heavy atom. The fraction of sp³-hybridized carbons (Fsp3) is 0.182. The first-order chi connectivity index (χ1) is 20.2. The normalized spacial score (nSPS) is 12.2. The third-order valence-corrected chi connectivity index (χ3v) is 7.03. The number of rotatable bonds is 9. The number of carbonyl (C=O) groups is 3. The quantitative estimate of drug-likeness (QED) is 0.195. The highest BCUT2D eigenvalue weighted by molar-refractivity contribution is 5.98. The Kier molecular flexibility index (Phi) is 9.57. The molecule has 0 aliphatic carbocycles. The van der Waals surface area contributed by atoms with Crippen LogP contribution in [0.3, 0.4) is 0 Å². The van der Waals surface area contributed by atoms with E-state index >= 15 is 0 Å². The summed E-state index contributed by atoms with van der Waals surface area (Å²) in [7, 11) is 0. The number of aliphatic hydroxyl groups is 1. The Bertz CT molecular complexity index is 1560. The number of phenolic OH excluding ortho intramolecular Hbond substituents is 2. The van der Waals surface area contributed by atoms with Crippen LogP contribution in [0.1, 0.15) is 43.0 Å². The molecule has 9 nitrogen and oxygen atoms in total. The number of phenols is 2. The van der Waals surface area contributed by atoms with Gasteiger partial charge < -0.3 is 20.6 Å². The van der Waals surface area contributed by atoms with Crippen molar-refractivity contribution in [1.82, 2.24) is 15.8 Å². The third kappa shape index (κ3) is 7.13. The van der Waals surface area contributed by atoms with Crippen molar-refractivity contribution in [3.05, 3.63) is 130 Å². The molecule has 0 bridgehead atoms. The third-order valence-electron chi connectivity index (χ3n) is 7.03. The van der Waals surface area contributed by atoms with Gasteiger partial charge in [-0.1, -0.05) is 72.8 Å². The molecule has 0 radical (unpaired) electrons. The molecule has 0 saturated heterocycles. The van der Waals surface area contributed by atoms with Crippen molar-refractivity contribution in [2.24, 2.45) is 0 Å². The fourth-order valence-corrected chi connectivity index (χ4v) is 4.55. The summed E-state index contributed by atoms with van der Waals surface area (Å²) < 4.78 is 0. The van der Waals surface area contributed by atoms with Gasteiger partial charge >= 0.3 is 0 Å². The van der Waals surface area contributed by atoms with Crippen LogP contribution in [0.4, 0.5) is 0 Å². The predicted molar refractivity (Wildman–Crippen MR) is 158 cm³/mol. The molecule has 2 atom stereocenters. The molecule has 4 aromatic carbocycles. The maximum atomic E-state index is 13.9. The lowest BCUT2D eigenvalue weighted by atomic mass is 9.99. The van der Waals surface area contributed by atoms with E-state index in [0.717, 1.165) is 10.6 Å². The van der Waals surface area contributed by atoms with Crippen molar-refractivity contribution in [3.63, 3.8) is 0 Å². The molecule has 0 aromatic heterocycles. The molecule has 0 unspecified atom stereocenters. The Balaban J connectivity index is 1.65. The van der Waals surface area contributed by atoms with Crippen molar-refractivity contribution in [2.75, 3.05) is 0 Å². The summed E-state index contributed by atoms with van der Waals surface area (Å²) in [6, 6.07) is 25.9. The molecule has 0 aliphatic rings. The SMILES string of the molecule is Cc1c(O)cccc1C(=O)N[C@@H](Cc1ccccc1)[C@@H](O)C(=O)N(Cc1ccccc1)NC(=O)c1cccc(O)c1C. The van der Waals surface area contributed by atoms with Crippen LogP contribution in [0.15, 0.2) is 97.1 Å². The molecule has 9 heteroatoms. The van der Waals surface area contributed by atoms with Gasteiger partial charge in [0.2, 0.25) is 0 Å². The lowest BCUT2D eigenvalue weighted by Crippen LogP contribution is -2.56. The average Bonchev–Trinajstić information content (AvgIpc) is 2.99. The van der Waals surface area contributed by atoms with E-state index in [1.165, 1.54) is 36.4 Å². The minimum atomic E-state index is -1.76. The van der Waals surface area contributed by atoms with Gasteiger partial charge in [0, 0.05) is 22.3 Å². The zero-order chi connectivity index (χ0) is 30.2. The molecule has 4 rings (SSSR count). The smallest absolute Gasteiger partial charge is 0.272 e. The van der Waals surface area contributed by atoms with E-state index in [4.69, 9.17) is 0 Å². The summed E-state index contributed by atoms with van der Waals surface area (Å²) in [6.07, 6.45) is -1.66. The van der Waals surface area contributed by atoms with Gasteiger partial charge in [-0.15, -0.1) is 0 Å². The highest BCUT2D eigenvalue weighted by Gasteiger charge is 2.33. The maximum Gasteiger partial charge on any atom is 0.272 e. The summed E-state index contributed by atoms with van der Waals surface area (Å²) in [5.74, 6) is -2.21. The number of benzene rings is 4. The molecule has 0 saturated carbocycles. The second-order valence-electron chi connectivity index (χ2n) is 9.96. The van der Waals surface area contributed by atoms with Gasteiger partial charge in [0.15, 0.2) is 6.10 Å². The van der Waals surface area contributed by atoms with E-state index in [1.54, 1.807) is 50.2 Å².